The van der Waals surface area contributed by atoms with Crippen LogP contribution in [0, 0.1) is 0 Å². The Labute approximate surface area is 151 Å². The molecule has 2 rings (SSSR count). The number of aromatic hydroxyl groups is 1. The minimum Gasteiger partial charge on any atom is -0.504 e. The van der Waals surface area contributed by atoms with Crippen molar-refractivity contribution in [1.82, 2.24) is 15.1 Å². The van der Waals surface area contributed by atoms with Gasteiger partial charge in [-0.15, -0.1) is 0 Å². The number of guanidine groups is 1. The number of aliphatic imine (C=N–C) groups is 1. The number of nitrogens with zero attached hydrogens (tertiary/aromatic N) is 3. The lowest BCUT2D eigenvalue weighted by Gasteiger charge is -2.29. The molecule has 0 amide bonds. The maximum atomic E-state index is 10.2. The second kappa shape index (κ2) is 9.51. The molecule has 25 heavy (non-hydrogen) atoms. The van der Waals surface area contributed by atoms with E-state index in [2.05, 4.69) is 36.0 Å². The van der Waals surface area contributed by atoms with Gasteiger partial charge in [-0.1, -0.05) is 19.1 Å². The largest absolute Gasteiger partial charge is 0.504 e. The van der Waals surface area contributed by atoms with Crippen LogP contribution in [0.4, 0.5) is 0 Å². The molecule has 1 fully saturated rings. The number of phenolic OH excluding ortho intramolecular Hbond substituents is 1. The summed E-state index contributed by atoms with van der Waals surface area (Å²) in [5.41, 5.74) is 0.763. The van der Waals surface area contributed by atoms with E-state index in [9.17, 15) is 5.11 Å². The summed E-state index contributed by atoms with van der Waals surface area (Å²) >= 11 is 0. The van der Waals surface area contributed by atoms with Crippen LogP contribution >= 0.6 is 0 Å². The van der Waals surface area contributed by atoms with E-state index in [0.29, 0.717) is 18.3 Å². The van der Waals surface area contributed by atoms with Crippen LogP contribution in [0.15, 0.2) is 23.2 Å². The number of para-hydroxylation sites is 1. The summed E-state index contributed by atoms with van der Waals surface area (Å²) in [7, 11) is 3.64. The molecule has 0 radical (unpaired) electrons. The molecule has 0 aliphatic carbocycles. The Morgan fingerprint density at radius 2 is 2.24 bits per heavy atom. The van der Waals surface area contributed by atoms with E-state index < -0.39 is 0 Å². The van der Waals surface area contributed by atoms with Gasteiger partial charge in [0, 0.05) is 31.7 Å². The highest BCUT2D eigenvalue weighted by atomic mass is 16.5. The van der Waals surface area contributed by atoms with Crippen LogP contribution in [0.1, 0.15) is 32.3 Å². The first kappa shape index (κ1) is 19.4. The number of hydrogen-bond acceptors (Lipinski definition) is 4. The average molecular weight is 348 g/mol. The number of hydrogen-bond donors (Lipinski definition) is 2. The third kappa shape index (κ3) is 5.01. The molecule has 2 N–H and O–H groups in total. The van der Waals surface area contributed by atoms with Gasteiger partial charge in [0.15, 0.2) is 17.5 Å². The van der Waals surface area contributed by atoms with Gasteiger partial charge in [-0.25, -0.2) is 4.99 Å². The Balaban J connectivity index is 2.07. The molecular formula is C19H32N4O2. The van der Waals surface area contributed by atoms with E-state index in [-0.39, 0.29) is 5.75 Å². The number of likely N-dealkylation sites (tertiary alicyclic amines) is 1. The van der Waals surface area contributed by atoms with E-state index in [0.717, 1.165) is 31.2 Å². The zero-order valence-electron chi connectivity index (χ0n) is 16.0. The van der Waals surface area contributed by atoms with E-state index in [1.165, 1.54) is 19.4 Å². The van der Waals surface area contributed by atoms with Gasteiger partial charge < -0.3 is 20.1 Å². The van der Waals surface area contributed by atoms with Crippen LogP contribution in [0.25, 0.3) is 0 Å². The highest BCUT2D eigenvalue weighted by Crippen LogP contribution is 2.29. The first-order valence-corrected chi connectivity index (χ1v) is 9.19. The monoisotopic (exact) mass is 348 g/mol. The van der Waals surface area contributed by atoms with E-state index in [1.54, 1.807) is 13.2 Å². The number of likely N-dealkylation sites (N-methyl/N-ethyl adjacent to an activating group) is 2. The third-order valence-corrected chi connectivity index (χ3v) is 4.79. The summed E-state index contributed by atoms with van der Waals surface area (Å²) in [6.45, 7) is 8.78. The van der Waals surface area contributed by atoms with Crippen molar-refractivity contribution in [3.63, 3.8) is 0 Å². The summed E-state index contributed by atoms with van der Waals surface area (Å²) in [4.78, 5) is 9.44. The van der Waals surface area contributed by atoms with Crippen LogP contribution in [0.3, 0.4) is 0 Å². The molecule has 1 heterocycles. The summed E-state index contributed by atoms with van der Waals surface area (Å²) in [6, 6.07) is 6.08. The minimum absolute atomic E-state index is 0.167. The first-order valence-electron chi connectivity index (χ1n) is 9.19. The van der Waals surface area contributed by atoms with Gasteiger partial charge in [-0.05, 0) is 38.9 Å². The summed E-state index contributed by atoms with van der Waals surface area (Å²) in [6.07, 6.45) is 2.52. The smallest absolute Gasteiger partial charge is 0.194 e. The molecule has 1 unspecified atom stereocenters. The van der Waals surface area contributed by atoms with Crippen molar-refractivity contribution < 1.29 is 9.84 Å². The quantitative estimate of drug-likeness (QED) is 0.585. The zero-order valence-corrected chi connectivity index (χ0v) is 16.0. The Morgan fingerprint density at radius 3 is 2.92 bits per heavy atom. The van der Waals surface area contributed by atoms with Crippen molar-refractivity contribution in [2.24, 2.45) is 4.99 Å². The van der Waals surface area contributed by atoms with Gasteiger partial charge in [-0.3, -0.25) is 4.90 Å². The molecule has 1 aliphatic rings. The second-order valence-electron chi connectivity index (χ2n) is 6.44. The number of rotatable bonds is 7. The lowest BCUT2D eigenvalue weighted by atomic mass is 10.2. The molecule has 6 nitrogen and oxygen atoms in total. The lowest BCUT2D eigenvalue weighted by Crippen LogP contribution is -2.45. The van der Waals surface area contributed by atoms with E-state index in [1.807, 2.05) is 12.1 Å². The van der Waals surface area contributed by atoms with Crippen molar-refractivity contribution >= 4 is 5.96 Å². The normalized spacial score (nSPS) is 18.4. The molecule has 1 saturated heterocycles. The number of phenols is 1. The van der Waals surface area contributed by atoms with Crippen LogP contribution in [-0.2, 0) is 6.54 Å². The maximum Gasteiger partial charge on any atom is 0.194 e. The van der Waals surface area contributed by atoms with Crippen LogP contribution < -0.4 is 10.1 Å². The molecule has 0 spiro atoms. The van der Waals surface area contributed by atoms with Crippen LogP contribution in [0.5, 0.6) is 11.5 Å². The van der Waals surface area contributed by atoms with Crippen LogP contribution in [-0.4, -0.2) is 67.2 Å². The van der Waals surface area contributed by atoms with Crippen LogP contribution in [0.2, 0.25) is 0 Å². The molecule has 0 aromatic heterocycles. The van der Waals surface area contributed by atoms with Gasteiger partial charge in [0.1, 0.15) is 0 Å². The zero-order chi connectivity index (χ0) is 18.2. The Hall–Kier alpha value is -1.95. The number of methoxy groups -OCH3 is 1. The van der Waals surface area contributed by atoms with E-state index in [4.69, 9.17) is 9.73 Å². The fraction of sp³-hybridized carbons (Fsp3) is 0.632. The summed E-state index contributed by atoms with van der Waals surface area (Å²) in [5.74, 6) is 1.52. The highest BCUT2D eigenvalue weighted by molar-refractivity contribution is 5.79. The number of ether oxygens (including phenoxy) is 1. The maximum absolute atomic E-state index is 10.2. The fourth-order valence-electron chi connectivity index (χ4n) is 3.41. The Kier molecular flexibility index (Phi) is 7.37. The molecule has 6 heteroatoms. The molecule has 1 aromatic carbocycles. The molecule has 0 bridgehead atoms. The molecule has 140 valence electrons. The Bertz CT molecular complexity index is 577. The van der Waals surface area contributed by atoms with Crippen molar-refractivity contribution in [3.05, 3.63) is 23.8 Å². The summed E-state index contributed by atoms with van der Waals surface area (Å²) in [5, 5.41) is 13.6. The van der Waals surface area contributed by atoms with Gasteiger partial charge in [0.2, 0.25) is 0 Å². The highest BCUT2D eigenvalue weighted by Gasteiger charge is 2.25. The first-order chi connectivity index (χ1) is 12.1. The number of nitrogens with one attached hydrogen (secondary N) is 1. The predicted octanol–water partition coefficient (Wildman–Crippen LogP) is 2.28. The number of benzene rings is 1. The second-order valence-corrected chi connectivity index (χ2v) is 6.44. The van der Waals surface area contributed by atoms with Crippen molar-refractivity contribution in [2.75, 3.05) is 40.3 Å². The molecule has 1 aliphatic heterocycles. The Morgan fingerprint density at radius 1 is 1.44 bits per heavy atom. The SMILES string of the molecule is CCNC(=NCc1cccc(OC)c1O)N(C)CC1CCCN1CC. The lowest BCUT2D eigenvalue weighted by molar-refractivity contribution is 0.232. The standard InChI is InChI=1S/C19H32N4O2/c1-5-20-19(22(3)14-16-10-8-12-23(16)6-2)21-13-15-9-7-11-17(25-4)18(15)24/h7,9,11,16,24H,5-6,8,10,12-14H2,1-4H3,(H,20,21). The van der Waals surface area contributed by atoms with Crippen molar-refractivity contribution in [2.45, 2.75) is 39.3 Å². The van der Waals surface area contributed by atoms with Gasteiger partial charge in [-0.2, -0.15) is 0 Å². The topological polar surface area (TPSA) is 60.3 Å². The molecular weight excluding hydrogens is 316 g/mol. The average Bonchev–Trinajstić information content (AvgIpc) is 3.06. The van der Waals surface area contributed by atoms with Gasteiger partial charge in [0.25, 0.3) is 0 Å². The van der Waals surface area contributed by atoms with Crippen molar-refractivity contribution in [1.29, 1.82) is 0 Å². The van der Waals surface area contributed by atoms with E-state index >= 15 is 0 Å². The van der Waals surface area contributed by atoms with Gasteiger partial charge in [0.05, 0.1) is 13.7 Å². The molecule has 0 saturated carbocycles. The molecule has 1 atom stereocenters. The van der Waals surface area contributed by atoms with Gasteiger partial charge >= 0.3 is 0 Å². The predicted molar refractivity (Wildman–Crippen MR) is 102 cm³/mol. The molecule has 1 aromatic rings. The third-order valence-electron chi connectivity index (χ3n) is 4.79. The fourth-order valence-corrected chi connectivity index (χ4v) is 3.41. The summed E-state index contributed by atoms with van der Waals surface area (Å²) < 4.78 is 5.17. The minimum atomic E-state index is 0.167. The van der Waals surface area contributed by atoms with Crippen molar-refractivity contribution in [3.8, 4) is 11.5 Å².